The molecule has 1 saturated heterocycles. The molecule has 3 rings (SSSR count). The van der Waals surface area contributed by atoms with Crippen LogP contribution in [0.1, 0.15) is 56.6 Å². The Morgan fingerprint density at radius 3 is 2.67 bits per heavy atom. The summed E-state index contributed by atoms with van der Waals surface area (Å²) in [7, 11) is 0. The highest BCUT2D eigenvalue weighted by Gasteiger charge is 2.48. The number of rotatable bonds is 6. The van der Waals surface area contributed by atoms with Crippen LogP contribution in [0, 0.1) is 11.2 Å². The van der Waals surface area contributed by atoms with Crippen LogP contribution in [0.25, 0.3) is 0 Å². The Kier molecular flexibility index (Phi) is 4.47. The Morgan fingerprint density at radius 1 is 1.46 bits per heavy atom. The van der Waals surface area contributed by atoms with Crippen molar-refractivity contribution >= 4 is 12.3 Å². The third-order valence-electron chi connectivity index (χ3n) is 5.86. The molecule has 1 aromatic carbocycles. The van der Waals surface area contributed by atoms with Gasteiger partial charge in [-0.15, -0.1) is 0 Å². The molecule has 130 valence electrons. The van der Waals surface area contributed by atoms with Crippen molar-refractivity contribution < 1.29 is 14.0 Å². The molecule has 5 heteroatoms. The molecule has 0 aromatic heterocycles. The smallest absolute Gasteiger partial charge is 0.236 e. The summed E-state index contributed by atoms with van der Waals surface area (Å²) in [5.74, 6) is -0.386. The van der Waals surface area contributed by atoms with Gasteiger partial charge in [-0.05, 0) is 49.1 Å². The van der Waals surface area contributed by atoms with Crippen LogP contribution in [0.3, 0.4) is 0 Å². The van der Waals surface area contributed by atoms with Crippen molar-refractivity contribution in [3.05, 3.63) is 35.1 Å². The second kappa shape index (κ2) is 6.28. The largest absolute Gasteiger partial charge is 0.316 e. The van der Waals surface area contributed by atoms with E-state index in [2.05, 4.69) is 10.6 Å². The molecule has 2 N–H and O–H groups in total. The molecular formula is C19H25FN2O2. The van der Waals surface area contributed by atoms with Gasteiger partial charge in [0.1, 0.15) is 5.82 Å². The molecule has 0 radical (unpaired) electrons. The highest BCUT2D eigenvalue weighted by atomic mass is 19.1. The fourth-order valence-electron chi connectivity index (χ4n) is 4.30. The Bertz CT molecular complexity index is 649. The molecule has 1 saturated carbocycles. The number of nitrogens with one attached hydrogen (secondary N) is 2. The second-order valence-electron chi connectivity index (χ2n) is 7.62. The molecule has 2 fully saturated rings. The van der Waals surface area contributed by atoms with Crippen molar-refractivity contribution in [3.63, 3.8) is 0 Å². The van der Waals surface area contributed by atoms with Gasteiger partial charge in [0.25, 0.3) is 0 Å². The molecule has 1 unspecified atom stereocenters. The Labute approximate surface area is 142 Å². The molecule has 1 spiro atoms. The van der Waals surface area contributed by atoms with Crippen LogP contribution < -0.4 is 10.6 Å². The predicted octanol–water partition coefficient (Wildman–Crippen LogP) is 2.62. The summed E-state index contributed by atoms with van der Waals surface area (Å²) in [5.41, 5.74) is 0.799. The van der Waals surface area contributed by atoms with Crippen molar-refractivity contribution in [2.45, 2.75) is 50.9 Å². The number of carbonyl (C=O) groups excluding carboxylic acids is 2. The maximum atomic E-state index is 14.8. The van der Waals surface area contributed by atoms with Crippen LogP contribution in [-0.4, -0.2) is 25.4 Å². The van der Waals surface area contributed by atoms with Crippen LogP contribution in [0.5, 0.6) is 0 Å². The summed E-state index contributed by atoms with van der Waals surface area (Å²) >= 11 is 0. The lowest BCUT2D eigenvalue weighted by atomic mass is 9.57. The summed E-state index contributed by atoms with van der Waals surface area (Å²) in [6.07, 6.45) is 3.79. The van der Waals surface area contributed by atoms with Gasteiger partial charge in [0.2, 0.25) is 12.3 Å². The molecule has 24 heavy (non-hydrogen) atoms. The molecule has 1 aliphatic heterocycles. The minimum Gasteiger partial charge on any atom is -0.316 e. The summed E-state index contributed by atoms with van der Waals surface area (Å²) in [4.78, 5) is 22.9. The van der Waals surface area contributed by atoms with Gasteiger partial charge in [-0.1, -0.05) is 25.5 Å². The summed E-state index contributed by atoms with van der Waals surface area (Å²) in [6.45, 7) is 5.79. The lowest BCUT2D eigenvalue weighted by Crippen LogP contribution is -2.59. The average Bonchev–Trinajstić information content (AvgIpc) is 2.44. The van der Waals surface area contributed by atoms with Crippen LogP contribution in [-0.2, 0) is 15.0 Å². The average molecular weight is 332 g/mol. The first-order valence-electron chi connectivity index (χ1n) is 8.69. The van der Waals surface area contributed by atoms with E-state index in [-0.39, 0.29) is 5.82 Å². The highest BCUT2D eigenvalue weighted by Crippen LogP contribution is 2.53. The first-order valence-corrected chi connectivity index (χ1v) is 8.69. The minimum absolute atomic E-state index is 0.350. The maximum absolute atomic E-state index is 14.8. The van der Waals surface area contributed by atoms with Gasteiger partial charge in [-0.25, -0.2) is 4.39 Å². The molecule has 1 aliphatic carbocycles. The summed E-state index contributed by atoms with van der Waals surface area (Å²) in [5, 5.41) is 5.50. The first kappa shape index (κ1) is 17.1. The fraction of sp³-hybridized carbons (Fsp3) is 0.579. The molecule has 4 nitrogen and oxygen atoms in total. The lowest BCUT2D eigenvalue weighted by molar-refractivity contribution is -0.129. The number of halogens is 1. The van der Waals surface area contributed by atoms with Crippen molar-refractivity contribution in [1.29, 1.82) is 0 Å². The van der Waals surface area contributed by atoms with Crippen LogP contribution in [0.4, 0.5) is 4.39 Å². The van der Waals surface area contributed by atoms with E-state index in [0.717, 1.165) is 37.9 Å². The van der Waals surface area contributed by atoms with E-state index < -0.39 is 11.3 Å². The van der Waals surface area contributed by atoms with E-state index >= 15 is 0 Å². The number of imide groups is 1. The normalized spacial score (nSPS) is 21.5. The lowest BCUT2D eigenvalue weighted by Gasteiger charge is -2.54. The van der Waals surface area contributed by atoms with Gasteiger partial charge in [0, 0.05) is 18.7 Å². The molecular weight excluding hydrogens is 307 g/mol. The third kappa shape index (κ3) is 2.75. The Morgan fingerprint density at radius 2 is 2.17 bits per heavy atom. The molecule has 1 aromatic rings. The van der Waals surface area contributed by atoms with Gasteiger partial charge in [-0.3, -0.25) is 14.9 Å². The topological polar surface area (TPSA) is 58.2 Å². The van der Waals surface area contributed by atoms with Crippen molar-refractivity contribution in [2.24, 2.45) is 5.41 Å². The zero-order chi connectivity index (χ0) is 17.4. The monoisotopic (exact) mass is 332 g/mol. The van der Waals surface area contributed by atoms with Crippen LogP contribution in [0.15, 0.2) is 18.2 Å². The van der Waals surface area contributed by atoms with Crippen LogP contribution in [0.2, 0.25) is 0 Å². The van der Waals surface area contributed by atoms with Gasteiger partial charge >= 0.3 is 0 Å². The number of hydrogen-bond acceptors (Lipinski definition) is 3. The van der Waals surface area contributed by atoms with Gasteiger partial charge < -0.3 is 5.32 Å². The van der Waals surface area contributed by atoms with Gasteiger partial charge in [0.15, 0.2) is 0 Å². The van der Waals surface area contributed by atoms with E-state index in [0.29, 0.717) is 29.7 Å². The quantitative estimate of drug-likeness (QED) is 0.788. The minimum atomic E-state index is -1.03. The number of carbonyl (C=O) groups is 2. The Hall–Kier alpha value is -1.75. The van der Waals surface area contributed by atoms with E-state index in [9.17, 15) is 14.0 Å². The SMILES string of the molecule is CCCC(C)(C(=O)NC=O)c1ccc(C2CC3(CNC3)C2)cc1F. The Balaban J connectivity index is 1.82. The number of benzene rings is 1. The fourth-order valence-corrected chi connectivity index (χ4v) is 4.30. The predicted molar refractivity (Wildman–Crippen MR) is 90.1 cm³/mol. The zero-order valence-electron chi connectivity index (χ0n) is 14.3. The zero-order valence-corrected chi connectivity index (χ0v) is 14.3. The maximum Gasteiger partial charge on any atom is 0.236 e. The molecule has 0 bridgehead atoms. The van der Waals surface area contributed by atoms with E-state index in [1.54, 1.807) is 19.1 Å². The van der Waals surface area contributed by atoms with Crippen LogP contribution >= 0.6 is 0 Å². The van der Waals surface area contributed by atoms with E-state index in [1.165, 1.54) is 0 Å². The first-order chi connectivity index (χ1) is 11.4. The van der Waals surface area contributed by atoms with Gasteiger partial charge in [0.05, 0.1) is 5.41 Å². The van der Waals surface area contributed by atoms with E-state index in [4.69, 9.17) is 0 Å². The molecule has 2 aliphatic rings. The van der Waals surface area contributed by atoms with E-state index in [1.807, 2.05) is 13.0 Å². The van der Waals surface area contributed by atoms with Crippen molar-refractivity contribution in [1.82, 2.24) is 10.6 Å². The summed E-state index contributed by atoms with van der Waals surface area (Å²) < 4.78 is 14.8. The molecule has 1 atom stereocenters. The third-order valence-corrected chi connectivity index (χ3v) is 5.86. The van der Waals surface area contributed by atoms with Crippen molar-refractivity contribution in [3.8, 4) is 0 Å². The standard InChI is InChI=1S/C19H25FN2O2/c1-3-6-18(2,17(24)22-12-23)15-5-4-13(7-16(15)20)14-8-19(9-14)10-21-11-19/h4-5,7,12,14,21H,3,6,8-11H2,1-2H3,(H,22,23,24). The van der Waals surface area contributed by atoms with Crippen molar-refractivity contribution in [2.75, 3.05) is 13.1 Å². The highest BCUT2D eigenvalue weighted by molar-refractivity contribution is 5.94. The number of amides is 2. The summed E-state index contributed by atoms with van der Waals surface area (Å²) in [6, 6.07) is 5.26. The molecule has 1 heterocycles. The van der Waals surface area contributed by atoms with Gasteiger partial charge in [-0.2, -0.15) is 0 Å². The second-order valence-corrected chi connectivity index (χ2v) is 7.62. The molecule has 2 amide bonds. The number of hydrogen-bond donors (Lipinski definition) is 2.